The molecule has 0 unspecified atom stereocenters. The zero-order chi connectivity index (χ0) is 14.1. The summed E-state index contributed by atoms with van der Waals surface area (Å²) in [7, 11) is 0. The summed E-state index contributed by atoms with van der Waals surface area (Å²) in [6.45, 7) is -3.21. The van der Waals surface area contributed by atoms with Crippen LogP contribution in [-0.4, -0.2) is 11.7 Å². The third-order valence-corrected chi connectivity index (χ3v) is 0.917. The van der Waals surface area contributed by atoms with Gasteiger partial charge in [0, 0.05) is 9.68 Å². The molecule has 0 aliphatic rings. The van der Waals surface area contributed by atoms with Crippen molar-refractivity contribution in [3.63, 3.8) is 0 Å². The highest BCUT2D eigenvalue weighted by Gasteiger charge is 1.84. The van der Waals surface area contributed by atoms with E-state index < -0.39 is 43.2 Å². The average Bonchev–Trinajstić information content (AvgIpc) is 2.25. The maximum Gasteiger partial charge on any atom is 0.104 e. The highest BCUT2D eigenvalue weighted by Crippen LogP contribution is 2.00. The van der Waals surface area contributed by atoms with Gasteiger partial charge in [0.2, 0.25) is 0 Å². The van der Waals surface area contributed by atoms with Crippen LogP contribution in [0.15, 0.2) is 24.2 Å². The molecule has 0 bridgehead atoms. The predicted molar refractivity (Wildman–Crippen MR) is 45.1 cm³/mol. The molecule has 0 saturated carbocycles. The van der Waals surface area contributed by atoms with Gasteiger partial charge in [0.1, 0.15) is 6.61 Å². The summed E-state index contributed by atoms with van der Waals surface area (Å²) < 4.78 is 52.0. The van der Waals surface area contributed by atoms with Crippen molar-refractivity contribution in [1.82, 2.24) is 0 Å². The summed E-state index contributed by atoms with van der Waals surface area (Å²) in [6.07, 6.45) is 0. The van der Waals surface area contributed by atoms with Gasteiger partial charge in [-0.3, -0.25) is 0 Å². The highest BCUT2D eigenvalue weighted by molar-refractivity contribution is 5.35. The molecule has 1 rings (SSSR count). The first kappa shape index (κ1) is 2.66. The Morgan fingerprint density at radius 2 is 2.27 bits per heavy atom. The Morgan fingerprint density at radius 3 is 2.82 bits per heavy atom. The smallest absolute Gasteiger partial charge is 0.104 e. The van der Waals surface area contributed by atoms with Gasteiger partial charge in [-0.15, -0.1) is 0 Å². The topological polar surface area (TPSA) is 20.2 Å². The van der Waals surface area contributed by atoms with Crippen molar-refractivity contribution in [2.24, 2.45) is 0 Å². The molecule has 1 nitrogen and oxygen atoms in total. The first-order valence-corrected chi connectivity index (χ1v) is 2.92. The summed E-state index contributed by atoms with van der Waals surface area (Å²) in [5.74, 6) is 4.51. The van der Waals surface area contributed by atoms with Crippen molar-refractivity contribution in [2.45, 2.75) is 6.85 Å². The van der Waals surface area contributed by atoms with E-state index in [2.05, 4.69) is 11.8 Å². The van der Waals surface area contributed by atoms with Gasteiger partial charge in [-0.2, -0.15) is 0 Å². The van der Waals surface area contributed by atoms with Gasteiger partial charge >= 0.3 is 0 Å². The Balaban J connectivity index is 3.66. The molecule has 1 aromatic carbocycles. The van der Waals surface area contributed by atoms with Gasteiger partial charge in [-0.05, 0) is 18.9 Å². The van der Waals surface area contributed by atoms with Crippen LogP contribution >= 0.6 is 0 Å². The predicted octanol–water partition coefficient (Wildman–Crippen LogP) is 1.34. The number of benzene rings is 1. The van der Waals surface area contributed by atoms with Crippen molar-refractivity contribution in [3.8, 4) is 11.8 Å². The quantitative estimate of drug-likeness (QED) is 0.558. The fourth-order valence-corrected chi connectivity index (χ4v) is 0.503. The molecule has 0 aromatic heterocycles. The molecule has 11 heavy (non-hydrogen) atoms. The molecule has 1 N–H and O–H groups in total. The lowest BCUT2D eigenvalue weighted by molar-refractivity contribution is 0.350. The normalized spacial score (nSPS) is 18.8. The van der Waals surface area contributed by atoms with Crippen LogP contribution in [0.5, 0.6) is 0 Å². The second-order valence-electron chi connectivity index (χ2n) is 1.71. The summed E-state index contributed by atoms with van der Waals surface area (Å²) in [5, 5.41) is 8.55. The Bertz CT molecular complexity index is 507. The van der Waals surface area contributed by atoms with Gasteiger partial charge in [-0.25, -0.2) is 0 Å². The monoisotopic (exact) mass is 153 g/mol. The van der Waals surface area contributed by atoms with Gasteiger partial charge in [0.25, 0.3) is 0 Å². The van der Waals surface area contributed by atoms with E-state index in [0.717, 1.165) is 0 Å². The maximum absolute atomic E-state index is 8.55. The highest BCUT2D eigenvalue weighted by atomic mass is 16.2. The minimum atomic E-state index is -2.72. The van der Waals surface area contributed by atoms with E-state index in [1.165, 1.54) is 0 Å². The number of rotatable bonds is 0. The maximum atomic E-state index is 8.55. The second-order valence-corrected chi connectivity index (χ2v) is 1.71. The van der Waals surface area contributed by atoms with Crippen molar-refractivity contribution in [2.75, 3.05) is 6.61 Å². The van der Waals surface area contributed by atoms with Crippen molar-refractivity contribution in [3.05, 3.63) is 35.3 Å². The third kappa shape index (κ3) is 2.45. The van der Waals surface area contributed by atoms with Gasteiger partial charge in [0.05, 0.1) is 5.48 Å². The molecule has 0 spiro atoms. The van der Waals surface area contributed by atoms with Crippen LogP contribution in [0, 0.1) is 18.7 Å². The molecule has 0 saturated heterocycles. The lowest BCUT2D eigenvalue weighted by Gasteiger charge is -1.90. The molecular weight excluding hydrogens is 136 g/mol. The number of hydrogen-bond donors (Lipinski definition) is 1. The molecule has 0 fully saturated rings. The molecule has 56 valence electrons. The van der Waals surface area contributed by atoms with Gasteiger partial charge in [0.15, 0.2) is 0 Å². The molecule has 0 heterocycles. The van der Waals surface area contributed by atoms with Crippen LogP contribution in [0.25, 0.3) is 0 Å². The zero-order valence-corrected chi connectivity index (χ0v) is 5.65. The number of hydrogen-bond acceptors (Lipinski definition) is 1. The first-order valence-electron chi connectivity index (χ1n) is 6.42. The minimum Gasteiger partial charge on any atom is -0.384 e. The summed E-state index contributed by atoms with van der Waals surface area (Å²) >= 11 is 0. The van der Waals surface area contributed by atoms with E-state index in [4.69, 9.17) is 14.7 Å². The van der Waals surface area contributed by atoms with Gasteiger partial charge < -0.3 is 5.11 Å². The van der Waals surface area contributed by atoms with E-state index in [1.54, 1.807) is 0 Å². The standard InChI is InChI=1S/C10H10O/c1-9-4-6-10(7-5-9)3-2-8-11/h4-7,11H,8H2,1H3/i1D3,4D,5D,6D,7D. The summed E-state index contributed by atoms with van der Waals surface area (Å²) in [4.78, 5) is 0. The first-order chi connectivity index (χ1) is 8.21. The molecule has 0 aliphatic carbocycles. The second kappa shape index (κ2) is 3.80. The Hall–Kier alpha value is -1.26. The third-order valence-electron chi connectivity index (χ3n) is 0.917. The molecule has 1 aromatic rings. The van der Waals surface area contributed by atoms with Crippen molar-refractivity contribution >= 4 is 0 Å². The van der Waals surface area contributed by atoms with E-state index in [-0.39, 0.29) is 5.56 Å². The van der Waals surface area contributed by atoms with Gasteiger partial charge in [-0.1, -0.05) is 29.5 Å². The molecule has 0 atom stereocenters. The Labute approximate surface area is 76.5 Å². The largest absolute Gasteiger partial charge is 0.384 e. The van der Waals surface area contributed by atoms with Crippen LogP contribution in [0.2, 0.25) is 0 Å². The van der Waals surface area contributed by atoms with Crippen LogP contribution in [0.1, 0.15) is 20.7 Å². The summed E-state index contributed by atoms with van der Waals surface area (Å²) in [6, 6.07) is -2.28. The molecule has 0 radical (unpaired) electrons. The number of aliphatic hydroxyl groups is 1. The van der Waals surface area contributed by atoms with Crippen LogP contribution in [0.3, 0.4) is 0 Å². The zero-order valence-electron chi connectivity index (χ0n) is 12.7. The fourth-order valence-electron chi connectivity index (χ4n) is 0.503. The molecule has 1 heteroatoms. The van der Waals surface area contributed by atoms with E-state index in [1.807, 2.05) is 0 Å². The van der Waals surface area contributed by atoms with E-state index in [0.29, 0.717) is 0 Å². The lowest BCUT2D eigenvalue weighted by Crippen LogP contribution is -1.76. The average molecular weight is 153 g/mol. The lowest BCUT2D eigenvalue weighted by atomic mass is 10.2. The SMILES string of the molecule is [2H]c1c([2H])c(C([2H])([2H])[2H])c([2H])c([2H])c1C#CCO. The van der Waals surface area contributed by atoms with Crippen molar-refractivity contribution < 1.29 is 14.7 Å². The molecule has 0 aliphatic heterocycles. The van der Waals surface area contributed by atoms with E-state index in [9.17, 15) is 0 Å². The Kier molecular flexibility index (Phi) is 0.917. The summed E-state index contributed by atoms with van der Waals surface area (Å²) in [5.41, 5.74) is -0.834. The minimum absolute atomic E-state index is 0.216. The fraction of sp³-hybridized carbons (Fsp3) is 0.200. The van der Waals surface area contributed by atoms with Crippen molar-refractivity contribution in [1.29, 1.82) is 0 Å². The van der Waals surface area contributed by atoms with Crippen LogP contribution in [0.4, 0.5) is 0 Å². The number of aliphatic hydroxyl groups excluding tert-OH is 1. The Morgan fingerprint density at radius 1 is 1.55 bits per heavy atom. The van der Waals surface area contributed by atoms with Crippen LogP contribution in [-0.2, 0) is 0 Å². The van der Waals surface area contributed by atoms with E-state index >= 15 is 0 Å². The van der Waals surface area contributed by atoms with Crippen LogP contribution < -0.4 is 0 Å². The molecular formula is C10H10O. The molecule has 0 amide bonds.